The molecule has 1 aromatic carbocycles. The number of aryl methyl sites for hydroxylation is 1. The second-order valence-corrected chi connectivity index (χ2v) is 5.26. The van der Waals surface area contributed by atoms with Gasteiger partial charge in [-0.2, -0.15) is 0 Å². The number of nitrogens with one attached hydrogen (secondary N) is 2. The lowest BCUT2D eigenvalue weighted by Crippen LogP contribution is -2.31. The van der Waals surface area contributed by atoms with Crippen LogP contribution < -0.4 is 5.32 Å². The lowest BCUT2D eigenvalue weighted by atomic mass is 9.98. The number of hydrogen-bond acceptors (Lipinski definition) is 1. The zero-order valence-corrected chi connectivity index (χ0v) is 9.51. The van der Waals surface area contributed by atoms with Crippen LogP contribution in [0.1, 0.15) is 35.7 Å². The van der Waals surface area contributed by atoms with E-state index < -0.39 is 0 Å². The largest absolute Gasteiger partial charge is 0.358 e. The molecule has 2 bridgehead atoms. The van der Waals surface area contributed by atoms with E-state index in [1.54, 1.807) is 5.56 Å². The molecule has 2 N–H and O–H groups in total. The van der Waals surface area contributed by atoms with Crippen LogP contribution in [-0.4, -0.2) is 11.0 Å². The molecule has 3 heterocycles. The second-order valence-electron chi connectivity index (χ2n) is 5.26. The van der Waals surface area contributed by atoms with Crippen molar-refractivity contribution in [2.75, 3.05) is 0 Å². The normalized spacial score (nSPS) is 27.3. The van der Waals surface area contributed by atoms with E-state index in [0.717, 1.165) is 0 Å². The summed E-state index contributed by atoms with van der Waals surface area (Å²) in [5.41, 5.74) is 5.69. The maximum Gasteiger partial charge on any atom is 0.0459 e. The molecule has 1 saturated heterocycles. The first-order valence-corrected chi connectivity index (χ1v) is 6.18. The van der Waals surface area contributed by atoms with Gasteiger partial charge in [0.05, 0.1) is 0 Å². The lowest BCUT2D eigenvalue weighted by Gasteiger charge is -2.21. The molecular formula is C14H16N2. The van der Waals surface area contributed by atoms with Crippen LogP contribution in [0.15, 0.2) is 18.2 Å². The quantitative estimate of drug-likeness (QED) is 0.690. The van der Waals surface area contributed by atoms with Crippen molar-refractivity contribution in [3.8, 4) is 0 Å². The molecule has 0 amide bonds. The summed E-state index contributed by atoms with van der Waals surface area (Å²) in [5.74, 6) is 0. The van der Waals surface area contributed by atoms with E-state index >= 15 is 0 Å². The van der Waals surface area contributed by atoms with Crippen LogP contribution >= 0.6 is 0 Å². The molecule has 0 spiro atoms. The molecule has 1 aromatic heterocycles. The summed E-state index contributed by atoms with van der Waals surface area (Å²) in [5, 5.41) is 5.16. The third kappa shape index (κ3) is 1.05. The minimum Gasteiger partial charge on any atom is -0.358 e. The van der Waals surface area contributed by atoms with E-state index in [0.29, 0.717) is 12.1 Å². The number of fused-ring (bicyclic) bond motifs is 6. The molecule has 16 heavy (non-hydrogen) atoms. The van der Waals surface area contributed by atoms with Crippen molar-refractivity contribution in [1.29, 1.82) is 0 Å². The summed E-state index contributed by atoms with van der Waals surface area (Å²) in [6.07, 6.45) is 3.82. The van der Waals surface area contributed by atoms with Crippen molar-refractivity contribution in [2.24, 2.45) is 0 Å². The zero-order valence-electron chi connectivity index (χ0n) is 9.51. The Bertz CT molecular complexity index is 567. The van der Waals surface area contributed by atoms with Crippen LogP contribution in [0.2, 0.25) is 0 Å². The summed E-state index contributed by atoms with van der Waals surface area (Å²) >= 11 is 0. The Kier molecular flexibility index (Phi) is 1.59. The predicted molar refractivity (Wildman–Crippen MR) is 65.6 cm³/mol. The van der Waals surface area contributed by atoms with Gasteiger partial charge >= 0.3 is 0 Å². The molecule has 0 saturated carbocycles. The van der Waals surface area contributed by atoms with Crippen molar-refractivity contribution in [2.45, 2.75) is 38.3 Å². The summed E-state index contributed by atoms with van der Waals surface area (Å²) in [4.78, 5) is 3.60. The van der Waals surface area contributed by atoms with Crippen LogP contribution in [0, 0.1) is 6.92 Å². The summed E-state index contributed by atoms with van der Waals surface area (Å²) in [7, 11) is 0. The van der Waals surface area contributed by atoms with Gasteiger partial charge in [0.25, 0.3) is 0 Å². The summed E-state index contributed by atoms with van der Waals surface area (Å²) < 4.78 is 0. The molecule has 2 atom stereocenters. The highest BCUT2D eigenvalue weighted by molar-refractivity contribution is 5.86. The summed E-state index contributed by atoms with van der Waals surface area (Å²) in [6.45, 7) is 2.17. The SMILES string of the molecule is Cc1ccc2[nH]c3c(c2c1)C1CCC(C3)N1. The van der Waals surface area contributed by atoms with Crippen molar-refractivity contribution in [1.82, 2.24) is 10.3 Å². The van der Waals surface area contributed by atoms with E-state index in [4.69, 9.17) is 0 Å². The number of rotatable bonds is 0. The van der Waals surface area contributed by atoms with Gasteiger partial charge in [0.1, 0.15) is 0 Å². The third-order valence-corrected chi connectivity index (χ3v) is 4.12. The van der Waals surface area contributed by atoms with Gasteiger partial charge in [-0.15, -0.1) is 0 Å². The highest BCUT2D eigenvalue weighted by Gasteiger charge is 2.34. The van der Waals surface area contributed by atoms with Gasteiger partial charge in [-0.25, -0.2) is 0 Å². The van der Waals surface area contributed by atoms with Crippen molar-refractivity contribution in [3.05, 3.63) is 35.0 Å². The highest BCUT2D eigenvalue weighted by Crippen LogP contribution is 2.40. The number of hydrogen-bond donors (Lipinski definition) is 2. The number of aromatic amines is 1. The predicted octanol–water partition coefficient (Wildman–Crippen LogP) is 2.83. The van der Waals surface area contributed by atoms with Gasteiger partial charge in [0, 0.05) is 35.1 Å². The van der Waals surface area contributed by atoms with Gasteiger partial charge in [0.2, 0.25) is 0 Å². The van der Waals surface area contributed by atoms with Gasteiger partial charge in [-0.3, -0.25) is 0 Å². The molecule has 2 aliphatic rings. The first kappa shape index (κ1) is 8.82. The van der Waals surface area contributed by atoms with Crippen molar-refractivity contribution < 1.29 is 0 Å². The monoisotopic (exact) mass is 212 g/mol. The van der Waals surface area contributed by atoms with E-state index in [9.17, 15) is 0 Å². The van der Waals surface area contributed by atoms with Crippen molar-refractivity contribution in [3.63, 3.8) is 0 Å². The zero-order chi connectivity index (χ0) is 10.7. The fourth-order valence-electron chi connectivity index (χ4n) is 3.40. The minimum atomic E-state index is 0.601. The molecule has 2 aliphatic heterocycles. The first-order valence-electron chi connectivity index (χ1n) is 6.18. The number of aromatic nitrogens is 1. The number of H-pyrrole nitrogens is 1. The van der Waals surface area contributed by atoms with Gasteiger partial charge in [0.15, 0.2) is 0 Å². The minimum absolute atomic E-state index is 0.601. The molecular weight excluding hydrogens is 196 g/mol. The molecule has 82 valence electrons. The Balaban J connectivity index is 2.03. The van der Waals surface area contributed by atoms with Gasteiger partial charge in [-0.1, -0.05) is 11.6 Å². The van der Waals surface area contributed by atoms with Crippen molar-refractivity contribution >= 4 is 10.9 Å². The van der Waals surface area contributed by atoms with Crippen LogP contribution in [-0.2, 0) is 6.42 Å². The second kappa shape index (κ2) is 2.89. The van der Waals surface area contributed by atoms with E-state index in [-0.39, 0.29) is 0 Å². The van der Waals surface area contributed by atoms with E-state index in [1.807, 2.05) is 0 Å². The number of benzene rings is 1. The van der Waals surface area contributed by atoms with E-state index in [1.165, 1.54) is 41.4 Å². The lowest BCUT2D eigenvalue weighted by molar-refractivity contribution is 0.513. The Morgan fingerprint density at radius 1 is 1.25 bits per heavy atom. The van der Waals surface area contributed by atoms with Crippen LogP contribution in [0.5, 0.6) is 0 Å². The summed E-state index contributed by atoms with van der Waals surface area (Å²) in [6, 6.07) is 8.05. The Morgan fingerprint density at radius 3 is 3.12 bits per heavy atom. The molecule has 0 aliphatic carbocycles. The average Bonchev–Trinajstić information content (AvgIpc) is 2.81. The Labute approximate surface area is 95.1 Å². The van der Waals surface area contributed by atoms with Gasteiger partial charge in [-0.05, 0) is 37.5 Å². The smallest absolute Gasteiger partial charge is 0.0459 e. The molecule has 2 nitrogen and oxygen atoms in total. The molecule has 2 aromatic rings. The Hall–Kier alpha value is -1.28. The Morgan fingerprint density at radius 2 is 2.19 bits per heavy atom. The molecule has 4 rings (SSSR count). The van der Waals surface area contributed by atoms with Crippen LogP contribution in [0.4, 0.5) is 0 Å². The average molecular weight is 212 g/mol. The fourth-order valence-corrected chi connectivity index (χ4v) is 3.40. The maximum absolute atomic E-state index is 3.72. The van der Waals surface area contributed by atoms with Gasteiger partial charge < -0.3 is 10.3 Å². The first-order chi connectivity index (χ1) is 7.81. The van der Waals surface area contributed by atoms with Crippen LogP contribution in [0.25, 0.3) is 10.9 Å². The molecule has 0 radical (unpaired) electrons. The molecule has 2 heteroatoms. The third-order valence-electron chi connectivity index (χ3n) is 4.12. The topological polar surface area (TPSA) is 27.8 Å². The maximum atomic E-state index is 3.72. The highest BCUT2D eigenvalue weighted by atomic mass is 15.0. The van der Waals surface area contributed by atoms with Crippen LogP contribution in [0.3, 0.4) is 0 Å². The molecule has 2 unspecified atom stereocenters. The van der Waals surface area contributed by atoms with E-state index in [2.05, 4.69) is 35.4 Å². The standard InChI is InChI=1S/C14H16N2/c1-8-2-4-11-10(6-8)14-12-5-3-9(15-12)7-13(14)16-11/h2,4,6,9,12,15-16H,3,5,7H2,1H3. The fraction of sp³-hybridized carbons (Fsp3) is 0.429. The molecule has 1 fully saturated rings.